The zero-order chi connectivity index (χ0) is 15.8. The second-order valence-corrected chi connectivity index (χ2v) is 6.47. The molecule has 1 fully saturated rings. The van der Waals surface area contributed by atoms with Crippen molar-refractivity contribution in [2.24, 2.45) is 5.41 Å². The van der Waals surface area contributed by atoms with E-state index in [9.17, 15) is 9.59 Å². The maximum atomic E-state index is 12.6. The molecule has 0 spiro atoms. The van der Waals surface area contributed by atoms with Crippen molar-refractivity contribution in [2.45, 2.75) is 39.8 Å². The SMILES string of the molecule is CC(C)(C)C1(C)NC(=O)N(Cc2ccccc2C#N)C1=O. The summed E-state index contributed by atoms with van der Waals surface area (Å²) >= 11 is 0. The standard InChI is InChI=1S/C16H19N3O2/c1-15(2,3)16(4)13(20)19(14(21)18-16)10-12-8-6-5-7-11(12)9-17/h5-8H,10H2,1-4H3,(H,18,21). The fraction of sp³-hybridized carbons (Fsp3) is 0.438. The number of carbonyl (C=O) groups is 2. The van der Waals surface area contributed by atoms with Gasteiger partial charge in [0.2, 0.25) is 0 Å². The van der Waals surface area contributed by atoms with Crippen molar-refractivity contribution >= 4 is 11.9 Å². The minimum Gasteiger partial charge on any atom is -0.323 e. The van der Waals surface area contributed by atoms with Gasteiger partial charge in [0.25, 0.3) is 5.91 Å². The quantitative estimate of drug-likeness (QED) is 0.848. The fourth-order valence-corrected chi connectivity index (χ4v) is 2.29. The fourth-order valence-electron chi connectivity index (χ4n) is 2.29. The van der Waals surface area contributed by atoms with E-state index in [-0.39, 0.29) is 12.5 Å². The summed E-state index contributed by atoms with van der Waals surface area (Å²) < 4.78 is 0. The van der Waals surface area contributed by atoms with Crippen LogP contribution >= 0.6 is 0 Å². The van der Waals surface area contributed by atoms with Gasteiger partial charge in [-0.25, -0.2) is 4.79 Å². The number of urea groups is 1. The summed E-state index contributed by atoms with van der Waals surface area (Å²) in [5.74, 6) is -0.257. The first-order chi connectivity index (χ1) is 9.70. The third-order valence-electron chi connectivity index (χ3n) is 4.24. The van der Waals surface area contributed by atoms with Crippen molar-refractivity contribution in [3.8, 4) is 6.07 Å². The number of hydrogen-bond donors (Lipinski definition) is 1. The van der Waals surface area contributed by atoms with Crippen molar-refractivity contribution < 1.29 is 9.59 Å². The summed E-state index contributed by atoms with van der Waals surface area (Å²) in [5.41, 5.74) is -0.196. The lowest BCUT2D eigenvalue weighted by molar-refractivity contribution is -0.134. The molecule has 0 radical (unpaired) electrons. The van der Waals surface area contributed by atoms with Gasteiger partial charge in [-0.3, -0.25) is 9.69 Å². The second kappa shape index (κ2) is 4.88. The van der Waals surface area contributed by atoms with Crippen LogP contribution in [0.3, 0.4) is 0 Å². The summed E-state index contributed by atoms with van der Waals surface area (Å²) in [6.07, 6.45) is 0. The predicted octanol–water partition coefficient (Wildman–Crippen LogP) is 2.41. The number of nitrogens with zero attached hydrogens (tertiary/aromatic N) is 2. The molecule has 2 rings (SSSR count). The molecule has 0 saturated carbocycles. The normalized spacial score (nSPS) is 22.1. The minimum atomic E-state index is -0.939. The first kappa shape index (κ1) is 15.0. The molecule has 1 aliphatic rings. The number of rotatable bonds is 2. The van der Waals surface area contributed by atoms with E-state index in [1.165, 1.54) is 4.90 Å². The topological polar surface area (TPSA) is 73.2 Å². The summed E-state index contributed by atoms with van der Waals surface area (Å²) in [4.78, 5) is 26.0. The summed E-state index contributed by atoms with van der Waals surface area (Å²) in [5, 5.41) is 11.9. The molecule has 0 bridgehead atoms. The summed E-state index contributed by atoms with van der Waals surface area (Å²) in [6.45, 7) is 7.59. The van der Waals surface area contributed by atoms with Crippen LogP contribution in [-0.4, -0.2) is 22.4 Å². The van der Waals surface area contributed by atoms with E-state index in [2.05, 4.69) is 11.4 Å². The lowest BCUT2D eigenvalue weighted by atomic mass is 9.75. The van der Waals surface area contributed by atoms with Gasteiger partial charge in [-0.15, -0.1) is 0 Å². The molecular weight excluding hydrogens is 266 g/mol. The van der Waals surface area contributed by atoms with Crippen molar-refractivity contribution in [1.82, 2.24) is 10.2 Å². The van der Waals surface area contributed by atoms with Crippen molar-refractivity contribution in [3.63, 3.8) is 0 Å². The Balaban J connectivity index is 2.33. The lowest BCUT2D eigenvalue weighted by Crippen LogP contribution is -2.54. The second-order valence-electron chi connectivity index (χ2n) is 6.47. The molecule has 5 nitrogen and oxygen atoms in total. The highest BCUT2D eigenvalue weighted by Crippen LogP contribution is 2.35. The van der Waals surface area contributed by atoms with Gasteiger partial charge >= 0.3 is 6.03 Å². The number of carbonyl (C=O) groups excluding carboxylic acids is 2. The van der Waals surface area contributed by atoms with E-state index < -0.39 is 17.0 Å². The maximum Gasteiger partial charge on any atom is 0.325 e. The van der Waals surface area contributed by atoms with Gasteiger partial charge in [0.15, 0.2) is 0 Å². The zero-order valence-corrected chi connectivity index (χ0v) is 12.7. The van der Waals surface area contributed by atoms with Crippen molar-refractivity contribution in [1.29, 1.82) is 5.26 Å². The van der Waals surface area contributed by atoms with Crippen LogP contribution in [0.1, 0.15) is 38.8 Å². The Morgan fingerprint density at radius 3 is 2.43 bits per heavy atom. The number of amides is 3. The van der Waals surface area contributed by atoms with E-state index in [0.717, 1.165) is 0 Å². The van der Waals surface area contributed by atoms with E-state index in [1.807, 2.05) is 20.8 Å². The van der Waals surface area contributed by atoms with Crippen molar-refractivity contribution in [3.05, 3.63) is 35.4 Å². The monoisotopic (exact) mass is 285 g/mol. The Bertz CT molecular complexity index is 640. The molecular formula is C16H19N3O2. The Labute approximate surface area is 124 Å². The third-order valence-corrected chi connectivity index (χ3v) is 4.24. The molecule has 1 saturated heterocycles. The molecule has 1 N–H and O–H groups in total. The molecule has 0 aromatic heterocycles. The molecule has 110 valence electrons. The lowest BCUT2D eigenvalue weighted by Gasteiger charge is -2.35. The highest BCUT2D eigenvalue weighted by atomic mass is 16.2. The molecule has 1 heterocycles. The molecule has 21 heavy (non-hydrogen) atoms. The maximum absolute atomic E-state index is 12.6. The molecule has 1 aromatic rings. The highest BCUT2D eigenvalue weighted by molar-refractivity contribution is 6.07. The van der Waals surface area contributed by atoms with E-state index in [0.29, 0.717) is 11.1 Å². The summed E-state index contributed by atoms with van der Waals surface area (Å²) in [7, 11) is 0. The molecule has 1 aliphatic heterocycles. The average molecular weight is 285 g/mol. The first-order valence-corrected chi connectivity index (χ1v) is 6.83. The van der Waals surface area contributed by atoms with Gasteiger partial charge in [0.1, 0.15) is 5.54 Å². The Morgan fingerprint density at radius 2 is 1.90 bits per heavy atom. The van der Waals surface area contributed by atoms with Crippen LogP contribution < -0.4 is 5.32 Å². The summed E-state index contributed by atoms with van der Waals surface area (Å²) in [6, 6.07) is 8.65. The van der Waals surface area contributed by atoms with Crippen LogP contribution in [0.15, 0.2) is 24.3 Å². The van der Waals surface area contributed by atoms with Gasteiger partial charge < -0.3 is 5.32 Å². The number of hydrogen-bond acceptors (Lipinski definition) is 3. The first-order valence-electron chi connectivity index (χ1n) is 6.83. The molecule has 3 amide bonds. The Morgan fingerprint density at radius 1 is 1.29 bits per heavy atom. The molecule has 5 heteroatoms. The third kappa shape index (κ3) is 2.38. The number of nitrogens with one attached hydrogen (secondary N) is 1. The van der Waals surface area contributed by atoms with Crippen LogP contribution in [0, 0.1) is 16.7 Å². The van der Waals surface area contributed by atoms with Crippen LogP contribution in [-0.2, 0) is 11.3 Å². The largest absolute Gasteiger partial charge is 0.325 e. The van der Waals surface area contributed by atoms with Crippen LogP contribution in [0.5, 0.6) is 0 Å². The van der Waals surface area contributed by atoms with Crippen LogP contribution in [0.2, 0.25) is 0 Å². The average Bonchev–Trinajstić information content (AvgIpc) is 2.63. The zero-order valence-electron chi connectivity index (χ0n) is 12.7. The van der Waals surface area contributed by atoms with Gasteiger partial charge in [-0.1, -0.05) is 39.0 Å². The molecule has 1 aromatic carbocycles. The smallest absolute Gasteiger partial charge is 0.323 e. The van der Waals surface area contributed by atoms with E-state index in [1.54, 1.807) is 31.2 Å². The van der Waals surface area contributed by atoms with Gasteiger partial charge in [-0.05, 0) is 24.0 Å². The van der Waals surface area contributed by atoms with E-state index in [4.69, 9.17) is 5.26 Å². The Kier molecular flexibility index (Phi) is 3.50. The number of imide groups is 1. The number of nitriles is 1. The number of benzene rings is 1. The predicted molar refractivity (Wildman–Crippen MR) is 78.1 cm³/mol. The molecule has 1 atom stereocenters. The van der Waals surface area contributed by atoms with Crippen LogP contribution in [0.4, 0.5) is 4.79 Å². The van der Waals surface area contributed by atoms with Crippen LogP contribution in [0.25, 0.3) is 0 Å². The van der Waals surface area contributed by atoms with Gasteiger partial charge in [-0.2, -0.15) is 5.26 Å². The molecule has 1 unspecified atom stereocenters. The van der Waals surface area contributed by atoms with Gasteiger partial charge in [0, 0.05) is 0 Å². The molecule has 0 aliphatic carbocycles. The van der Waals surface area contributed by atoms with E-state index >= 15 is 0 Å². The highest BCUT2D eigenvalue weighted by Gasteiger charge is 2.54. The Hall–Kier alpha value is -2.35. The van der Waals surface area contributed by atoms with Crippen molar-refractivity contribution in [2.75, 3.05) is 0 Å². The minimum absolute atomic E-state index is 0.111. The van der Waals surface area contributed by atoms with Gasteiger partial charge in [0.05, 0.1) is 18.2 Å².